The van der Waals surface area contributed by atoms with Crippen LogP contribution in [0.5, 0.6) is 0 Å². The quantitative estimate of drug-likeness (QED) is 0.367. The van der Waals surface area contributed by atoms with Crippen molar-refractivity contribution in [1.29, 1.82) is 0 Å². The summed E-state index contributed by atoms with van der Waals surface area (Å²) in [5, 5.41) is 13.1. The van der Waals surface area contributed by atoms with Crippen LogP contribution in [0.4, 0.5) is 20.2 Å². The third kappa shape index (κ3) is 4.13. The molecule has 1 spiro atoms. The van der Waals surface area contributed by atoms with Crippen LogP contribution in [0.25, 0.3) is 0 Å². The number of para-hydroxylation sites is 1. The lowest BCUT2D eigenvalue weighted by atomic mass is 9.77. The maximum atomic E-state index is 13.8. The van der Waals surface area contributed by atoms with Gasteiger partial charge in [-0.05, 0) is 29.8 Å². The van der Waals surface area contributed by atoms with E-state index in [0.717, 1.165) is 28.2 Å². The van der Waals surface area contributed by atoms with E-state index in [-0.39, 0.29) is 18.5 Å². The molecule has 1 amide bonds. The topological polar surface area (TPSA) is 81.3 Å². The number of nitrogens with one attached hydrogen (secondary N) is 4. The van der Waals surface area contributed by atoms with E-state index < -0.39 is 24.6 Å². The maximum Gasteiger partial charge on any atom is 0.253 e. The van der Waals surface area contributed by atoms with Gasteiger partial charge in [0.15, 0.2) is 0 Å². The summed E-state index contributed by atoms with van der Waals surface area (Å²) >= 11 is 0. The number of benzene rings is 2. The van der Waals surface area contributed by atoms with E-state index in [1.807, 2.05) is 66.7 Å². The lowest BCUT2D eigenvalue weighted by Crippen LogP contribution is -2.50. The molecule has 194 valence electrons. The van der Waals surface area contributed by atoms with Crippen molar-refractivity contribution in [2.24, 2.45) is 0 Å². The fourth-order valence-corrected chi connectivity index (χ4v) is 5.73. The monoisotopic (exact) mass is 514 g/mol. The van der Waals surface area contributed by atoms with Gasteiger partial charge in [-0.3, -0.25) is 15.1 Å². The molecule has 0 bridgehead atoms. The summed E-state index contributed by atoms with van der Waals surface area (Å²) in [7, 11) is 0. The molecule has 3 aromatic rings. The minimum absolute atomic E-state index is 0.0785. The number of halogens is 2. The average molecular weight is 515 g/mol. The van der Waals surface area contributed by atoms with E-state index in [1.54, 1.807) is 12.4 Å². The first kappa shape index (κ1) is 24.3. The van der Waals surface area contributed by atoms with Crippen LogP contribution in [0.1, 0.15) is 17.2 Å². The molecule has 2 aliphatic heterocycles. The second-order valence-corrected chi connectivity index (χ2v) is 9.57. The molecule has 7 nitrogen and oxygen atoms in total. The SMILES string of the molecule is O=C(NC(CNCC(F)F)c1ccccc1)C1=C2Nc3ccccc3C23NCN(c2ccncc2)C3C=C1. The maximum absolute atomic E-state index is 13.8. The summed E-state index contributed by atoms with van der Waals surface area (Å²) < 4.78 is 25.6. The summed E-state index contributed by atoms with van der Waals surface area (Å²) in [6.07, 6.45) is 5.00. The summed E-state index contributed by atoms with van der Waals surface area (Å²) in [4.78, 5) is 20.2. The second kappa shape index (κ2) is 10.00. The van der Waals surface area contributed by atoms with Gasteiger partial charge in [-0.15, -0.1) is 0 Å². The van der Waals surface area contributed by atoms with Crippen LogP contribution in [-0.2, 0) is 10.3 Å². The van der Waals surface area contributed by atoms with Crippen LogP contribution >= 0.6 is 0 Å². The lowest BCUT2D eigenvalue weighted by molar-refractivity contribution is -0.118. The third-order valence-electron chi connectivity index (χ3n) is 7.42. The first-order valence-electron chi connectivity index (χ1n) is 12.6. The van der Waals surface area contributed by atoms with E-state index >= 15 is 0 Å². The molecule has 3 atom stereocenters. The van der Waals surface area contributed by atoms with Crippen molar-refractivity contribution in [2.45, 2.75) is 24.0 Å². The average Bonchev–Trinajstić information content (AvgIpc) is 3.50. The fraction of sp³-hybridized carbons (Fsp3) is 0.241. The van der Waals surface area contributed by atoms with Gasteiger partial charge in [-0.25, -0.2) is 8.78 Å². The second-order valence-electron chi connectivity index (χ2n) is 9.57. The number of rotatable bonds is 8. The number of alkyl halides is 2. The van der Waals surface area contributed by atoms with Crippen LogP contribution in [0.3, 0.4) is 0 Å². The molecule has 1 aromatic heterocycles. The molecule has 0 saturated carbocycles. The molecule has 9 heteroatoms. The molecular weight excluding hydrogens is 486 g/mol. The van der Waals surface area contributed by atoms with Crippen molar-refractivity contribution in [2.75, 3.05) is 30.0 Å². The largest absolute Gasteiger partial charge is 0.356 e. The molecule has 1 saturated heterocycles. The van der Waals surface area contributed by atoms with Gasteiger partial charge < -0.3 is 20.9 Å². The summed E-state index contributed by atoms with van der Waals surface area (Å²) in [6, 6.07) is 20.9. The molecular formula is C29H28F2N6O. The number of amides is 1. The molecule has 2 aromatic carbocycles. The van der Waals surface area contributed by atoms with E-state index in [0.29, 0.717) is 12.2 Å². The van der Waals surface area contributed by atoms with Crippen molar-refractivity contribution in [1.82, 2.24) is 20.9 Å². The summed E-state index contributed by atoms with van der Waals surface area (Å²) in [5.41, 5.74) is 4.55. The van der Waals surface area contributed by atoms with Gasteiger partial charge in [0.1, 0.15) is 5.54 Å². The normalized spacial score (nSPS) is 22.1. The van der Waals surface area contributed by atoms with Gasteiger partial charge in [0.05, 0.1) is 36.6 Å². The van der Waals surface area contributed by atoms with Crippen molar-refractivity contribution >= 4 is 17.3 Å². The first-order chi connectivity index (χ1) is 18.6. The summed E-state index contributed by atoms with van der Waals surface area (Å²) in [5.74, 6) is -0.272. The highest BCUT2D eigenvalue weighted by Gasteiger charge is 2.57. The zero-order chi connectivity index (χ0) is 26.1. The number of anilines is 2. The number of fused-ring (bicyclic) bond motifs is 1. The number of pyridine rings is 1. The first-order valence-corrected chi connectivity index (χ1v) is 12.6. The molecule has 1 fully saturated rings. The van der Waals surface area contributed by atoms with Gasteiger partial charge in [0, 0.05) is 35.9 Å². The van der Waals surface area contributed by atoms with E-state index in [4.69, 9.17) is 0 Å². The molecule has 4 N–H and O–H groups in total. The number of nitrogens with zero attached hydrogens (tertiary/aromatic N) is 2. The van der Waals surface area contributed by atoms with E-state index in [2.05, 4.69) is 43.3 Å². The Bertz CT molecular complexity index is 1380. The number of aromatic nitrogens is 1. The highest BCUT2D eigenvalue weighted by molar-refractivity contribution is 6.00. The Kier molecular flexibility index (Phi) is 6.39. The minimum atomic E-state index is -2.47. The van der Waals surface area contributed by atoms with Crippen LogP contribution < -0.4 is 26.2 Å². The van der Waals surface area contributed by atoms with Crippen molar-refractivity contribution in [3.05, 3.63) is 114 Å². The van der Waals surface area contributed by atoms with Crippen LogP contribution in [0.15, 0.2) is 103 Å². The molecule has 3 unspecified atom stereocenters. The van der Waals surface area contributed by atoms with Crippen LogP contribution in [0, 0.1) is 0 Å². The highest BCUT2D eigenvalue weighted by Crippen LogP contribution is 2.51. The Hall–Kier alpha value is -4.08. The molecule has 3 aliphatic rings. The fourth-order valence-electron chi connectivity index (χ4n) is 5.73. The van der Waals surface area contributed by atoms with Gasteiger partial charge >= 0.3 is 0 Å². The molecule has 6 rings (SSSR count). The number of hydrogen-bond acceptors (Lipinski definition) is 6. The van der Waals surface area contributed by atoms with Crippen molar-refractivity contribution in [3.8, 4) is 0 Å². The Labute approximate surface area is 219 Å². The molecule has 0 radical (unpaired) electrons. The zero-order valence-electron chi connectivity index (χ0n) is 20.6. The number of carbonyl (C=O) groups excluding carboxylic acids is 1. The highest BCUT2D eigenvalue weighted by atomic mass is 19.3. The van der Waals surface area contributed by atoms with E-state index in [1.165, 1.54) is 0 Å². The Balaban J connectivity index is 1.35. The van der Waals surface area contributed by atoms with Crippen LogP contribution in [0.2, 0.25) is 0 Å². The Morgan fingerprint density at radius 3 is 2.61 bits per heavy atom. The van der Waals surface area contributed by atoms with Crippen molar-refractivity contribution < 1.29 is 13.6 Å². The Morgan fingerprint density at radius 1 is 1.05 bits per heavy atom. The minimum Gasteiger partial charge on any atom is -0.356 e. The predicted molar refractivity (Wildman–Crippen MR) is 143 cm³/mol. The molecule has 3 heterocycles. The van der Waals surface area contributed by atoms with Crippen LogP contribution in [-0.4, -0.2) is 43.1 Å². The predicted octanol–water partition coefficient (Wildman–Crippen LogP) is 3.67. The molecule has 38 heavy (non-hydrogen) atoms. The third-order valence-corrected chi connectivity index (χ3v) is 7.42. The Morgan fingerprint density at radius 2 is 1.82 bits per heavy atom. The summed E-state index contributed by atoms with van der Waals surface area (Å²) in [6.45, 7) is 0.322. The van der Waals surface area contributed by atoms with E-state index in [9.17, 15) is 13.6 Å². The standard InChI is InChI=1S/C29H28F2N6O/c30-26(31)17-33-16-24(19-6-2-1-3-7-19)36-28(38)21-10-11-25-29(22-8-4-5-9-23(22)35-27(21)29)34-18-37(25)20-12-14-32-15-13-20/h1-15,24-26,33-35H,16-18H2,(H,36,38). The number of hydrogen-bond donors (Lipinski definition) is 4. The smallest absolute Gasteiger partial charge is 0.253 e. The van der Waals surface area contributed by atoms with Gasteiger partial charge in [-0.1, -0.05) is 54.6 Å². The number of carbonyl (C=O) groups is 1. The molecule has 1 aliphatic carbocycles. The van der Waals surface area contributed by atoms with Crippen molar-refractivity contribution in [3.63, 3.8) is 0 Å². The van der Waals surface area contributed by atoms with Gasteiger partial charge in [-0.2, -0.15) is 0 Å². The van der Waals surface area contributed by atoms with Gasteiger partial charge in [0.2, 0.25) is 0 Å². The zero-order valence-corrected chi connectivity index (χ0v) is 20.6. The lowest BCUT2D eigenvalue weighted by Gasteiger charge is -2.37. The van der Waals surface area contributed by atoms with Gasteiger partial charge in [0.25, 0.3) is 12.3 Å².